The number of carbonyl (C=O) groups is 1. The maximum absolute atomic E-state index is 12.1. The Kier molecular flexibility index (Phi) is 4.91. The first-order valence-electron chi connectivity index (χ1n) is 8.39. The van der Waals surface area contributed by atoms with Crippen LogP contribution in [0, 0.1) is 5.92 Å². The van der Waals surface area contributed by atoms with Gasteiger partial charge in [0.15, 0.2) is 0 Å². The lowest BCUT2D eigenvalue weighted by molar-refractivity contribution is -0.124. The number of likely N-dealkylation sites (tertiary alicyclic amines) is 1. The monoisotopic (exact) mass is 286 g/mol. The Morgan fingerprint density at radius 3 is 2.57 bits per heavy atom. The molecule has 1 saturated heterocycles. The Balaban J connectivity index is 1.51. The molecule has 0 aromatic heterocycles. The molecule has 2 aliphatic rings. The first-order valence-corrected chi connectivity index (χ1v) is 8.39. The third-order valence-electron chi connectivity index (χ3n) is 4.79. The molecule has 1 N–H and O–H groups in total. The Hall–Kier alpha value is -1.35. The van der Waals surface area contributed by atoms with Crippen molar-refractivity contribution >= 4 is 5.91 Å². The number of carbonyl (C=O) groups excluding carboxylic acids is 1. The van der Waals surface area contributed by atoms with Crippen LogP contribution in [0.4, 0.5) is 0 Å². The number of hydrogen-bond donors (Lipinski definition) is 1. The molecule has 3 nitrogen and oxygen atoms in total. The maximum atomic E-state index is 12.1. The van der Waals surface area contributed by atoms with Crippen LogP contribution in [0.15, 0.2) is 24.3 Å². The van der Waals surface area contributed by atoms with Crippen molar-refractivity contribution < 1.29 is 4.79 Å². The van der Waals surface area contributed by atoms with Gasteiger partial charge in [-0.3, -0.25) is 9.69 Å². The van der Waals surface area contributed by atoms with Crippen LogP contribution in [-0.2, 0) is 17.9 Å². The molecule has 1 aliphatic heterocycles. The summed E-state index contributed by atoms with van der Waals surface area (Å²) < 4.78 is 0. The molecule has 1 aliphatic carbocycles. The summed E-state index contributed by atoms with van der Waals surface area (Å²) in [5.41, 5.74) is 2.59. The average molecular weight is 286 g/mol. The van der Waals surface area contributed by atoms with Crippen molar-refractivity contribution in [2.45, 2.75) is 51.6 Å². The molecule has 1 aromatic rings. The van der Waals surface area contributed by atoms with E-state index in [4.69, 9.17) is 0 Å². The fraction of sp³-hybridized carbons (Fsp3) is 0.611. The van der Waals surface area contributed by atoms with Crippen LogP contribution in [0.1, 0.15) is 49.7 Å². The lowest BCUT2D eigenvalue weighted by atomic mass is 10.1. The summed E-state index contributed by atoms with van der Waals surface area (Å²) in [6, 6.07) is 8.67. The number of hydrogen-bond acceptors (Lipinski definition) is 2. The highest BCUT2D eigenvalue weighted by Crippen LogP contribution is 2.24. The summed E-state index contributed by atoms with van der Waals surface area (Å²) >= 11 is 0. The van der Waals surface area contributed by atoms with E-state index in [-0.39, 0.29) is 11.8 Å². The highest BCUT2D eigenvalue weighted by Gasteiger charge is 2.22. The van der Waals surface area contributed by atoms with Crippen molar-refractivity contribution in [1.29, 1.82) is 0 Å². The van der Waals surface area contributed by atoms with Gasteiger partial charge in [-0.05, 0) is 49.9 Å². The summed E-state index contributed by atoms with van der Waals surface area (Å²) in [5.74, 6) is 0.509. The summed E-state index contributed by atoms with van der Waals surface area (Å²) in [4.78, 5) is 14.6. The molecule has 3 rings (SSSR count). The lowest BCUT2D eigenvalue weighted by Gasteiger charge is -2.15. The SMILES string of the molecule is O=C(NCc1cccc(CN2CCCC2)c1)C1CCCC1. The molecular formula is C18H26N2O. The average Bonchev–Trinajstić information content (AvgIpc) is 3.18. The van der Waals surface area contributed by atoms with Gasteiger partial charge < -0.3 is 5.32 Å². The second-order valence-corrected chi connectivity index (χ2v) is 6.50. The van der Waals surface area contributed by atoms with Crippen molar-refractivity contribution in [3.63, 3.8) is 0 Å². The van der Waals surface area contributed by atoms with E-state index in [0.29, 0.717) is 6.54 Å². The van der Waals surface area contributed by atoms with E-state index in [2.05, 4.69) is 34.5 Å². The van der Waals surface area contributed by atoms with Gasteiger partial charge in [0.2, 0.25) is 5.91 Å². The van der Waals surface area contributed by atoms with E-state index in [1.165, 1.54) is 49.9 Å². The number of benzene rings is 1. The van der Waals surface area contributed by atoms with Gasteiger partial charge in [-0.1, -0.05) is 37.1 Å². The van der Waals surface area contributed by atoms with E-state index in [9.17, 15) is 4.79 Å². The number of nitrogens with one attached hydrogen (secondary N) is 1. The predicted octanol–water partition coefficient (Wildman–Crippen LogP) is 3.09. The number of nitrogens with zero attached hydrogens (tertiary/aromatic N) is 1. The van der Waals surface area contributed by atoms with Crippen molar-refractivity contribution in [2.24, 2.45) is 5.92 Å². The maximum Gasteiger partial charge on any atom is 0.223 e. The van der Waals surface area contributed by atoms with E-state index in [0.717, 1.165) is 19.4 Å². The molecular weight excluding hydrogens is 260 g/mol. The molecule has 1 amide bonds. The summed E-state index contributed by atoms with van der Waals surface area (Å²) in [6.07, 6.45) is 7.22. The Bertz CT molecular complexity index is 474. The van der Waals surface area contributed by atoms with Crippen LogP contribution in [-0.4, -0.2) is 23.9 Å². The molecule has 3 heteroatoms. The zero-order valence-electron chi connectivity index (χ0n) is 12.8. The fourth-order valence-electron chi connectivity index (χ4n) is 3.56. The van der Waals surface area contributed by atoms with Crippen molar-refractivity contribution in [3.8, 4) is 0 Å². The Morgan fingerprint density at radius 1 is 1.10 bits per heavy atom. The first-order chi connectivity index (χ1) is 10.3. The summed E-state index contributed by atoms with van der Waals surface area (Å²) in [5, 5.41) is 3.11. The van der Waals surface area contributed by atoms with Gasteiger partial charge in [-0.25, -0.2) is 0 Å². The molecule has 2 fully saturated rings. The summed E-state index contributed by atoms with van der Waals surface area (Å²) in [6.45, 7) is 4.17. The molecule has 0 spiro atoms. The van der Waals surface area contributed by atoms with Gasteiger partial charge >= 0.3 is 0 Å². The molecule has 0 unspecified atom stereocenters. The number of rotatable bonds is 5. The second-order valence-electron chi connectivity index (χ2n) is 6.50. The van der Waals surface area contributed by atoms with Gasteiger partial charge in [-0.15, -0.1) is 0 Å². The molecule has 0 atom stereocenters. The molecule has 0 bridgehead atoms. The van der Waals surface area contributed by atoms with Crippen LogP contribution in [0.3, 0.4) is 0 Å². The third-order valence-corrected chi connectivity index (χ3v) is 4.79. The van der Waals surface area contributed by atoms with Crippen LogP contribution in [0.25, 0.3) is 0 Å². The van der Waals surface area contributed by atoms with Crippen molar-refractivity contribution in [2.75, 3.05) is 13.1 Å². The second kappa shape index (κ2) is 7.08. The first kappa shape index (κ1) is 14.6. The zero-order chi connectivity index (χ0) is 14.5. The van der Waals surface area contributed by atoms with Gasteiger partial charge in [0.05, 0.1) is 0 Å². The van der Waals surface area contributed by atoms with Crippen LogP contribution in [0.2, 0.25) is 0 Å². The lowest BCUT2D eigenvalue weighted by Crippen LogP contribution is -2.28. The van der Waals surface area contributed by atoms with Crippen LogP contribution >= 0.6 is 0 Å². The zero-order valence-corrected chi connectivity index (χ0v) is 12.8. The molecule has 1 saturated carbocycles. The van der Waals surface area contributed by atoms with Crippen LogP contribution < -0.4 is 5.32 Å². The van der Waals surface area contributed by atoms with Gasteiger partial charge in [-0.2, -0.15) is 0 Å². The van der Waals surface area contributed by atoms with Crippen molar-refractivity contribution in [1.82, 2.24) is 10.2 Å². The smallest absolute Gasteiger partial charge is 0.223 e. The molecule has 1 heterocycles. The minimum Gasteiger partial charge on any atom is -0.352 e. The molecule has 0 radical (unpaired) electrons. The molecule has 1 aromatic carbocycles. The van der Waals surface area contributed by atoms with Crippen LogP contribution in [0.5, 0.6) is 0 Å². The highest BCUT2D eigenvalue weighted by molar-refractivity contribution is 5.78. The standard InChI is InChI=1S/C18H26N2O/c21-18(17-8-1-2-9-17)19-13-15-6-5-7-16(12-15)14-20-10-3-4-11-20/h5-7,12,17H,1-4,8-11,13-14H2,(H,19,21). The predicted molar refractivity (Wildman–Crippen MR) is 84.8 cm³/mol. The van der Waals surface area contributed by atoms with E-state index in [1.807, 2.05) is 0 Å². The summed E-state index contributed by atoms with van der Waals surface area (Å²) in [7, 11) is 0. The normalized spacial score (nSPS) is 20.0. The van der Waals surface area contributed by atoms with Gasteiger partial charge in [0.1, 0.15) is 0 Å². The quantitative estimate of drug-likeness (QED) is 0.902. The van der Waals surface area contributed by atoms with Gasteiger partial charge in [0.25, 0.3) is 0 Å². The molecule has 114 valence electrons. The Morgan fingerprint density at radius 2 is 1.81 bits per heavy atom. The van der Waals surface area contributed by atoms with E-state index in [1.54, 1.807) is 0 Å². The fourth-order valence-corrected chi connectivity index (χ4v) is 3.56. The minimum atomic E-state index is 0.248. The number of amides is 1. The van der Waals surface area contributed by atoms with E-state index < -0.39 is 0 Å². The molecule has 21 heavy (non-hydrogen) atoms. The van der Waals surface area contributed by atoms with Crippen molar-refractivity contribution in [3.05, 3.63) is 35.4 Å². The van der Waals surface area contributed by atoms with E-state index >= 15 is 0 Å². The third kappa shape index (κ3) is 4.07. The minimum absolute atomic E-state index is 0.248. The van der Waals surface area contributed by atoms with Gasteiger partial charge in [0, 0.05) is 19.0 Å². The highest BCUT2D eigenvalue weighted by atomic mass is 16.1. The topological polar surface area (TPSA) is 32.3 Å². The Labute approximate surface area is 127 Å². The largest absolute Gasteiger partial charge is 0.352 e.